The molecule has 1 saturated carbocycles. The molecule has 8 nitrogen and oxygen atoms in total. The van der Waals surface area contributed by atoms with Gasteiger partial charge in [-0.1, -0.05) is 11.6 Å². The molecule has 1 fully saturated rings. The van der Waals surface area contributed by atoms with Gasteiger partial charge in [0.15, 0.2) is 5.82 Å². The molecule has 0 radical (unpaired) electrons. The number of aliphatic hydroxyl groups excluding tert-OH is 1. The number of aryl methyl sites for hydroxylation is 1. The highest BCUT2D eigenvalue weighted by Gasteiger charge is 2.36. The predicted octanol–water partition coefficient (Wildman–Crippen LogP) is 0.621. The molecular weight excluding hydrogens is 308 g/mol. The van der Waals surface area contributed by atoms with E-state index < -0.39 is 0 Å². The van der Waals surface area contributed by atoms with Crippen LogP contribution in [0.25, 0.3) is 0 Å². The fourth-order valence-electron chi connectivity index (χ4n) is 2.68. The molecule has 2 heterocycles. The van der Waals surface area contributed by atoms with Crippen molar-refractivity contribution in [2.75, 3.05) is 5.73 Å². The minimum absolute atomic E-state index is 0.0869. The summed E-state index contributed by atoms with van der Waals surface area (Å²) >= 11 is 5.95. The number of rotatable bonds is 4. The Kier molecular flexibility index (Phi) is 3.79. The van der Waals surface area contributed by atoms with Crippen LogP contribution >= 0.6 is 11.6 Å². The summed E-state index contributed by atoms with van der Waals surface area (Å²) in [6, 6.07) is -0.245. The Morgan fingerprint density at radius 1 is 1.64 bits per heavy atom. The second-order valence-corrected chi connectivity index (χ2v) is 5.96. The highest BCUT2D eigenvalue weighted by Crippen LogP contribution is 2.38. The Morgan fingerprint density at radius 2 is 2.36 bits per heavy atom. The maximum absolute atomic E-state index is 12.4. The van der Waals surface area contributed by atoms with E-state index in [1.807, 2.05) is 13.2 Å². The van der Waals surface area contributed by atoms with Gasteiger partial charge in [-0.05, 0) is 18.8 Å². The molecule has 0 unspecified atom stereocenters. The first kappa shape index (κ1) is 14.9. The molecule has 0 aromatic carbocycles. The second kappa shape index (κ2) is 5.62. The lowest BCUT2D eigenvalue weighted by Gasteiger charge is -2.37. The average Bonchev–Trinajstić information content (AvgIpc) is 3.00. The second-order valence-electron chi connectivity index (χ2n) is 5.58. The highest BCUT2D eigenvalue weighted by atomic mass is 35.5. The van der Waals surface area contributed by atoms with Crippen LogP contribution in [0.1, 0.15) is 34.9 Å². The Morgan fingerprint density at radius 3 is 2.86 bits per heavy atom. The number of amides is 1. The number of aromatic amines is 1. The zero-order chi connectivity index (χ0) is 15.9. The molecule has 0 bridgehead atoms. The number of nitrogens with zero attached hydrogens (tertiary/aromatic N) is 3. The first-order chi connectivity index (χ1) is 10.5. The summed E-state index contributed by atoms with van der Waals surface area (Å²) in [7, 11) is 1.81. The van der Waals surface area contributed by atoms with Crippen LogP contribution in [-0.4, -0.2) is 37.1 Å². The number of anilines is 1. The summed E-state index contributed by atoms with van der Waals surface area (Å²) in [6.07, 6.45) is 4.52. The fraction of sp³-hybridized carbons (Fsp3) is 0.462. The molecule has 2 aromatic heterocycles. The zero-order valence-corrected chi connectivity index (χ0v) is 12.7. The van der Waals surface area contributed by atoms with Gasteiger partial charge in [0.1, 0.15) is 10.7 Å². The van der Waals surface area contributed by atoms with Gasteiger partial charge in [-0.15, -0.1) is 0 Å². The molecule has 1 amide bonds. The monoisotopic (exact) mass is 324 g/mol. The number of nitrogen functional groups attached to an aromatic ring is 1. The Bertz CT molecular complexity index is 691. The van der Waals surface area contributed by atoms with Crippen molar-refractivity contribution in [2.24, 2.45) is 13.0 Å². The van der Waals surface area contributed by atoms with Crippen LogP contribution in [0.2, 0.25) is 5.02 Å². The van der Waals surface area contributed by atoms with E-state index in [1.165, 1.54) is 0 Å². The lowest BCUT2D eigenvalue weighted by atomic mass is 9.75. The number of hydrogen-bond donors (Lipinski definition) is 4. The first-order valence-corrected chi connectivity index (χ1v) is 7.30. The molecule has 0 saturated heterocycles. The number of halogens is 1. The fourth-order valence-corrected chi connectivity index (χ4v) is 2.85. The smallest absolute Gasteiger partial charge is 0.271 e. The quantitative estimate of drug-likeness (QED) is 0.656. The van der Waals surface area contributed by atoms with E-state index in [0.29, 0.717) is 12.8 Å². The number of nitrogens with two attached hydrogens (primary N) is 1. The molecular formula is C13H17ClN6O2. The van der Waals surface area contributed by atoms with E-state index in [0.717, 1.165) is 5.56 Å². The van der Waals surface area contributed by atoms with Crippen molar-refractivity contribution >= 4 is 23.3 Å². The third-order valence-electron chi connectivity index (χ3n) is 3.95. The minimum atomic E-state index is -0.385. The van der Waals surface area contributed by atoms with Crippen LogP contribution < -0.4 is 11.1 Å². The van der Waals surface area contributed by atoms with Crippen molar-refractivity contribution in [3.8, 4) is 0 Å². The summed E-state index contributed by atoms with van der Waals surface area (Å²) in [5, 5.41) is 22.9. The minimum Gasteiger partial charge on any atom is -0.393 e. The van der Waals surface area contributed by atoms with Crippen LogP contribution in [0.5, 0.6) is 0 Å². The SMILES string of the molecule is Cn1cc([C@@H](NC(=O)c2[nH]nc(N)c2Cl)C2CC(O)C2)cn1. The summed E-state index contributed by atoms with van der Waals surface area (Å²) < 4.78 is 1.67. The van der Waals surface area contributed by atoms with Crippen molar-refractivity contribution in [1.29, 1.82) is 0 Å². The van der Waals surface area contributed by atoms with E-state index >= 15 is 0 Å². The maximum Gasteiger partial charge on any atom is 0.271 e. The first-order valence-electron chi connectivity index (χ1n) is 6.92. The standard InChI is InChI=1S/C13H17ClN6O2/c1-20-5-7(4-16-20)10(6-2-8(21)3-6)17-13(22)11-9(14)12(15)19-18-11/h4-6,8,10,21H,2-3H2,1H3,(H,17,22)(H3,15,18,19)/t6?,8?,10-/m0/s1. The van der Waals surface area contributed by atoms with Gasteiger partial charge in [0.05, 0.1) is 18.3 Å². The van der Waals surface area contributed by atoms with Crippen molar-refractivity contribution in [2.45, 2.75) is 25.0 Å². The topological polar surface area (TPSA) is 122 Å². The van der Waals surface area contributed by atoms with Gasteiger partial charge in [-0.2, -0.15) is 10.2 Å². The van der Waals surface area contributed by atoms with E-state index in [-0.39, 0.29) is 40.5 Å². The number of aromatic nitrogens is 4. The van der Waals surface area contributed by atoms with Gasteiger partial charge in [-0.3, -0.25) is 14.6 Å². The number of hydrogen-bond acceptors (Lipinski definition) is 5. The molecule has 22 heavy (non-hydrogen) atoms. The number of aliphatic hydroxyl groups is 1. The summed E-state index contributed by atoms with van der Waals surface area (Å²) in [5.41, 5.74) is 6.56. The molecule has 9 heteroatoms. The normalized spacial score (nSPS) is 22.1. The maximum atomic E-state index is 12.4. The number of nitrogens with one attached hydrogen (secondary N) is 2. The van der Waals surface area contributed by atoms with Crippen LogP contribution in [0.3, 0.4) is 0 Å². The third-order valence-corrected chi connectivity index (χ3v) is 4.33. The van der Waals surface area contributed by atoms with Gasteiger partial charge in [0.2, 0.25) is 0 Å². The zero-order valence-electron chi connectivity index (χ0n) is 12.0. The average molecular weight is 325 g/mol. The summed E-state index contributed by atoms with van der Waals surface area (Å²) in [6.45, 7) is 0. The van der Waals surface area contributed by atoms with E-state index in [9.17, 15) is 9.90 Å². The Labute approximate surface area is 131 Å². The third kappa shape index (κ3) is 2.67. The van der Waals surface area contributed by atoms with Crippen molar-refractivity contribution < 1.29 is 9.90 Å². The lowest BCUT2D eigenvalue weighted by molar-refractivity contribution is 0.0234. The van der Waals surface area contributed by atoms with Crippen molar-refractivity contribution in [3.05, 3.63) is 28.7 Å². The van der Waals surface area contributed by atoms with Gasteiger partial charge >= 0.3 is 0 Å². The Hall–Kier alpha value is -2.06. The van der Waals surface area contributed by atoms with Crippen LogP contribution in [0.4, 0.5) is 5.82 Å². The van der Waals surface area contributed by atoms with E-state index in [1.54, 1.807) is 10.9 Å². The summed E-state index contributed by atoms with van der Waals surface area (Å²) in [5.74, 6) is -0.143. The van der Waals surface area contributed by atoms with E-state index in [2.05, 4.69) is 20.6 Å². The molecule has 0 spiro atoms. The largest absolute Gasteiger partial charge is 0.393 e. The Balaban J connectivity index is 1.81. The molecule has 1 aliphatic rings. The molecule has 1 atom stereocenters. The lowest BCUT2D eigenvalue weighted by Crippen LogP contribution is -2.41. The number of H-pyrrole nitrogens is 1. The molecule has 0 aliphatic heterocycles. The summed E-state index contributed by atoms with van der Waals surface area (Å²) in [4.78, 5) is 12.4. The van der Waals surface area contributed by atoms with Crippen LogP contribution in [0, 0.1) is 5.92 Å². The van der Waals surface area contributed by atoms with Gasteiger partial charge in [0, 0.05) is 18.8 Å². The molecule has 118 valence electrons. The van der Waals surface area contributed by atoms with Crippen molar-refractivity contribution in [3.63, 3.8) is 0 Å². The predicted molar refractivity (Wildman–Crippen MR) is 80.2 cm³/mol. The molecule has 3 rings (SSSR count). The molecule has 1 aliphatic carbocycles. The number of carbonyl (C=O) groups excluding carboxylic acids is 1. The van der Waals surface area contributed by atoms with Gasteiger partial charge < -0.3 is 16.2 Å². The molecule has 2 aromatic rings. The van der Waals surface area contributed by atoms with E-state index in [4.69, 9.17) is 17.3 Å². The van der Waals surface area contributed by atoms with Crippen LogP contribution in [0.15, 0.2) is 12.4 Å². The molecule has 5 N–H and O–H groups in total. The van der Waals surface area contributed by atoms with Crippen LogP contribution in [-0.2, 0) is 7.05 Å². The van der Waals surface area contributed by atoms with Gasteiger partial charge in [-0.25, -0.2) is 0 Å². The number of carbonyl (C=O) groups is 1. The van der Waals surface area contributed by atoms with Gasteiger partial charge in [0.25, 0.3) is 5.91 Å². The van der Waals surface area contributed by atoms with Crippen molar-refractivity contribution in [1.82, 2.24) is 25.3 Å². The highest BCUT2D eigenvalue weighted by molar-refractivity contribution is 6.35.